The molecule has 1 atom stereocenters. The van der Waals surface area contributed by atoms with Crippen molar-refractivity contribution >= 4 is 11.5 Å². The summed E-state index contributed by atoms with van der Waals surface area (Å²) < 4.78 is 1.73. The summed E-state index contributed by atoms with van der Waals surface area (Å²) in [7, 11) is 1.86. The second-order valence-electron chi connectivity index (χ2n) is 5.99. The van der Waals surface area contributed by atoms with Gasteiger partial charge in [-0.1, -0.05) is 27.7 Å². The molecule has 0 aromatic carbocycles. The number of nitrogens with zero attached hydrogens (tertiary/aromatic N) is 2. The number of nitrogens with two attached hydrogens (primary N) is 1. The first-order chi connectivity index (χ1) is 8.24. The van der Waals surface area contributed by atoms with Crippen LogP contribution in [0.2, 0.25) is 0 Å². The number of aromatic nitrogens is 2. The Kier molecular flexibility index (Phi) is 4.62. The van der Waals surface area contributed by atoms with E-state index < -0.39 is 0 Å². The number of aliphatic hydroxyl groups excluding tert-OH is 1. The van der Waals surface area contributed by atoms with E-state index in [0.29, 0.717) is 12.2 Å². The molecule has 4 N–H and O–H groups in total. The van der Waals surface area contributed by atoms with Crippen molar-refractivity contribution in [3.63, 3.8) is 0 Å². The second-order valence-corrected chi connectivity index (χ2v) is 5.99. The SMILES string of the molecule is CCc1nn(C)c(NCC(O)CC(C)(C)C)c1N. The van der Waals surface area contributed by atoms with Gasteiger partial charge in [0.15, 0.2) is 0 Å². The van der Waals surface area contributed by atoms with Crippen LogP contribution in [0.3, 0.4) is 0 Å². The molecule has 5 nitrogen and oxygen atoms in total. The zero-order valence-electron chi connectivity index (χ0n) is 12.1. The van der Waals surface area contributed by atoms with Gasteiger partial charge in [-0.05, 0) is 18.3 Å². The maximum atomic E-state index is 9.96. The molecule has 1 heterocycles. The Morgan fingerprint density at radius 1 is 1.44 bits per heavy atom. The topological polar surface area (TPSA) is 76.1 Å². The van der Waals surface area contributed by atoms with Crippen LogP contribution in [-0.4, -0.2) is 27.5 Å². The molecule has 0 spiro atoms. The largest absolute Gasteiger partial charge is 0.394 e. The Bertz CT molecular complexity index is 392. The van der Waals surface area contributed by atoms with Crippen LogP contribution in [0.15, 0.2) is 0 Å². The number of hydrogen-bond acceptors (Lipinski definition) is 4. The highest BCUT2D eigenvalue weighted by Crippen LogP contribution is 2.24. The van der Waals surface area contributed by atoms with Crippen molar-refractivity contribution in [2.45, 2.75) is 46.6 Å². The highest BCUT2D eigenvalue weighted by molar-refractivity contribution is 5.65. The fraction of sp³-hybridized carbons (Fsp3) is 0.769. The van der Waals surface area contributed by atoms with Crippen LogP contribution in [0.5, 0.6) is 0 Å². The fourth-order valence-electron chi connectivity index (χ4n) is 2.06. The van der Waals surface area contributed by atoms with Crippen molar-refractivity contribution in [3.05, 3.63) is 5.69 Å². The van der Waals surface area contributed by atoms with Gasteiger partial charge < -0.3 is 16.2 Å². The quantitative estimate of drug-likeness (QED) is 0.748. The van der Waals surface area contributed by atoms with Gasteiger partial charge >= 0.3 is 0 Å². The Morgan fingerprint density at radius 2 is 2.06 bits per heavy atom. The third-order valence-electron chi connectivity index (χ3n) is 2.85. The minimum absolute atomic E-state index is 0.119. The van der Waals surface area contributed by atoms with E-state index in [1.807, 2.05) is 14.0 Å². The summed E-state index contributed by atoms with van der Waals surface area (Å²) >= 11 is 0. The number of aliphatic hydroxyl groups is 1. The molecule has 0 radical (unpaired) electrons. The van der Waals surface area contributed by atoms with Crippen molar-refractivity contribution in [2.24, 2.45) is 12.5 Å². The molecule has 5 heteroatoms. The summed E-state index contributed by atoms with van der Waals surface area (Å²) in [5, 5.41) is 17.5. The lowest BCUT2D eigenvalue weighted by Gasteiger charge is -2.22. The summed E-state index contributed by atoms with van der Waals surface area (Å²) in [5.74, 6) is 0.791. The van der Waals surface area contributed by atoms with Gasteiger partial charge in [0.2, 0.25) is 0 Å². The van der Waals surface area contributed by atoms with Crippen LogP contribution >= 0.6 is 0 Å². The molecule has 0 amide bonds. The molecule has 0 saturated heterocycles. The number of nitrogens with one attached hydrogen (secondary N) is 1. The van der Waals surface area contributed by atoms with E-state index >= 15 is 0 Å². The Hall–Kier alpha value is -1.23. The number of hydrogen-bond donors (Lipinski definition) is 3. The average molecular weight is 254 g/mol. The van der Waals surface area contributed by atoms with Gasteiger partial charge in [0.25, 0.3) is 0 Å². The van der Waals surface area contributed by atoms with Gasteiger partial charge in [0.1, 0.15) is 5.82 Å². The molecule has 1 aromatic heterocycles. The zero-order valence-corrected chi connectivity index (χ0v) is 12.1. The molecule has 1 rings (SSSR count). The van der Waals surface area contributed by atoms with E-state index in [9.17, 15) is 5.11 Å². The average Bonchev–Trinajstić information content (AvgIpc) is 2.49. The molecule has 0 aliphatic rings. The minimum Gasteiger partial charge on any atom is -0.394 e. The van der Waals surface area contributed by atoms with E-state index in [2.05, 4.69) is 31.2 Å². The molecular formula is C13H26N4O. The van der Waals surface area contributed by atoms with E-state index in [1.54, 1.807) is 4.68 Å². The number of rotatable bonds is 5. The third-order valence-corrected chi connectivity index (χ3v) is 2.85. The molecule has 1 unspecified atom stereocenters. The molecule has 0 aliphatic carbocycles. The lowest BCUT2D eigenvalue weighted by Crippen LogP contribution is -2.26. The van der Waals surface area contributed by atoms with Gasteiger partial charge in [0.05, 0.1) is 17.5 Å². The predicted octanol–water partition coefficient (Wildman–Crippen LogP) is 1.77. The highest BCUT2D eigenvalue weighted by atomic mass is 16.3. The first-order valence-corrected chi connectivity index (χ1v) is 6.48. The van der Waals surface area contributed by atoms with Crippen molar-refractivity contribution in [1.29, 1.82) is 0 Å². The third kappa shape index (κ3) is 3.91. The Morgan fingerprint density at radius 3 is 2.50 bits per heavy atom. The molecule has 18 heavy (non-hydrogen) atoms. The first-order valence-electron chi connectivity index (χ1n) is 6.48. The molecule has 0 aliphatic heterocycles. The molecule has 104 valence electrons. The van der Waals surface area contributed by atoms with E-state index in [1.165, 1.54) is 0 Å². The van der Waals surface area contributed by atoms with Crippen molar-refractivity contribution < 1.29 is 5.11 Å². The van der Waals surface area contributed by atoms with E-state index in [-0.39, 0.29) is 11.5 Å². The second kappa shape index (κ2) is 5.61. The lowest BCUT2D eigenvalue weighted by molar-refractivity contribution is 0.132. The Balaban J connectivity index is 2.61. The molecule has 0 bridgehead atoms. The summed E-state index contributed by atoms with van der Waals surface area (Å²) in [4.78, 5) is 0. The standard InChI is InChI=1S/C13H26N4O/c1-6-10-11(14)12(17(5)16-10)15-8-9(18)7-13(2,3)4/h9,15,18H,6-8,14H2,1-5H3. The highest BCUT2D eigenvalue weighted by Gasteiger charge is 2.18. The normalized spacial score (nSPS) is 13.7. The number of aryl methyl sites for hydroxylation is 2. The van der Waals surface area contributed by atoms with Crippen LogP contribution in [0.1, 0.15) is 39.8 Å². The number of nitrogen functional groups attached to an aromatic ring is 1. The maximum absolute atomic E-state index is 9.96. The van der Waals surface area contributed by atoms with Crippen LogP contribution in [0.25, 0.3) is 0 Å². The van der Waals surface area contributed by atoms with Gasteiger partial charge in [0, 0.05) is 13.6 Å². The van der Waals surface area contributed by atoms with Gasteiger partial charge in [-0.15, -0.1) is 0 Å². The van der Waals surface area contributed by atoms with Gasteiger partial charge in [-0.3, -0.25) is 4.68 Å². The smallest absolute Gasteiger partial charge is 0.147 e. The molecule has 0 fully saturated rings. The van der Waals surface area contributed by atoms with Crippen LogP contribution in [-0.2, 0) is 13.5 Å². The summed E-state index contributed by atoms with van der Waals surface area (Å²) in [6.07, 6.45) is 1.17. The summed E-state index contributed by atoms with van der Waals surface area (Å²) in [5.41, 5.74) is 7.70. The summed E-state index contributed by atoms with van der Waals surface area (Å²) in [6, 6.07) is 0. The molecular weight excluding hydrogens is 228 g/mol. The van der Waals surface area contributed by atoms with E-state index in [4.69, 9.17) is 5.73 Å². The number of anilines is 2. The minimum atomic E-state index is -0.385. The van der Waals surface area contributed by atoms with Crippen molar-refractivity contribution in [1.82, 2.24) is 9.78 Å². The van der Waals surface area contributed by atoms with Gasteiger partial charge in [-0.25, -0.2) is 0 Å². The van der Waals surface area contributed by atoms with Crippen molar-refractivity contribution in [2.75, 3.05) is 17.6 Å². The zero-order chi connectivity index (χ0) is 13.9. The fourth-order valence-corrected chi connectivity index (χ4v) is 2.06. The first kappa shape index (κ1) is 14.8. The van der Waals surface area contributed by atoms with Gasteiger partial charge in [-0.2, -0.15) is 5.10 Å². The lowest BCUT2D eigenvalue weighted by atomic mass is 9.89. The van der Waals surface area contributed by atoms with Crippen LogP contribution in [0, 0.1) is 5.41 Å². The molecule has 0 saturated carbocycles. The van der Waals surface area contributed by atoms with E-state index in [0.717, 1.165) is 24.4 Å². The Labute approximate surface area is 109 Å². The van der Waals surface area contributed by atoms with Crippen LogP contribution < -0.4 is 11.1 Å². The maximum Gasteiger partial charge on any atom is 0.147 e. The van der Waals surface area contributed by atoms with Crippen molar-refractivity contribution in [3.8, 4) is 0 Å². The predicted molar refractivity (Wildman–Crippen MR) is 75.6 cm³/mol. The monoisotopic (exact) mass is 254 g/mol. The van der Waals surface area contributed by atoms with Crippen LogP contribution in [0.4, 0.5) is 11.5 Å². The molecule has 1 aromatic rings. The summed E-state index contributed by atoms with van der Waals surface area (Å²) in [6.45, 7) is 8.86.